The normalized spacial score (nSPS) is 14.4. The van der Waals surface area contributed by atoms with Crippen molar-refractivity contribution in [2.45, 2.75) is 154 Å². The lowest BCUT2D eigenvalue weighted by molar-refractivity contribution is -0.155. The van der Waals surface area contributed by atoms with Gasteiger partial charge in [0.2, 0.25) is 0 Å². The first-order valence-electron chi connectivity index (χ1n) is 13.0. The van der Waals surface area contributed by atoms with Crippen LogP contribution in [0.25, 0.3) is 0 Å². The number of rotatable bonds is 22. The first-order valence-corrected chi connectivity index (χ1v) is 13.0. The molecule has 0 rings (SSSR count). The van der Waals surface area contributed by atoms with E-state index in [0.29, 0.717) is 0 Å². The van der Waals surface area contributed by atoms with Crippen LogP contribution >= 0.6 is 0 Å². The van der Waals surface area contributed by atoms with E-state index >= 15 is 0 Å². The minimum absolute atomic E-state index is 0.0295. The molecular weight excluding hydrogens is 376 g/mol. The highest BCUT2D eigenvalue weighted by atomic mass is 16.5. The molecule has 4 nitrogen and oxygen atoms in total. The minimum atomic E-state index is -1.19. The summed E-state index contributed by atoms with van der Waals surface area (Å²) in [7, 11) is 0. The van der Waals surface area contributed by atoms with Gasteiger partial charge >= 0.3 is 5.97 Å². The van der Waals surface area contributed by atoms with Crippen molar-refractivity contribution in [3.8, 4) is 0 Å². The lowest BCUT2D eigenvalue weighted by Crippen LogP contribution is -2.31. The molecule has 0 fully saturated rings. The zero-order valence-electron chi connectivity index (χ0n) is 20.4. The van der Waals surface area contributed by atoms with Gasteiger partial charge in [0.25, 0.3) is 0 Å². The highest BCUT2D eigenvalue weighted by molar-refractivity contribution is 5.70. The van der Waals surface area contributed by atoms with Crippen LogP contribution in [0.3, 0.4) is 0 Å². The molecule has 1 unspecified atom stereocenters. The largest absolute Gasteiger partial charge is 0.462 e. The fourth-order valence-corrected chi connectivity index (χ4v) is 3.96. The first kappa shape index (κ1) is 29.4. The average molecular weight is 429 g/mol. The van der Waals surface area contributed by atoms with Crippen molar-refractivity contribution in [3.63, 3.8) is 0 Å². The maximum Gasteiger partial charge on any atom is 0.308 e. The second kappa shape index (κ2) is 20.3. The summed E-state index contributed by atoms with van der Waals surface area (Å²) in [6.45, 7) is 5.95. The van der Waals surface area contributed by atoms with Crippen molar-refractivity contribution in [1.82, 2.24) is 0 Å². The van der Waals surface area contributed by atoms with Crippen molar-refractivity contribution in [3.05, 3.63) is 0 Å². The fourth-order valence-electron chi connectivity index (χ4n) is 3.96. The van der Waals surface area contributed by atoms with Crippen LogP contribution < -0.4 is 0 Å². The predicted octanol–water partition coefficient (Wildman–Crippen LogP) is 7.09. The highest BCUT2D eigenvalue weighted by Gasteiger charge is 2.26. The number of hydrogen-bond donors (Lipinski definition) is 2. The van der Waals surface area contributed by atoms with Crippen molar-refractivity contribution < 1.29 is 19.7 Å². The van der Waals surface area contributed by atoms with Gasteiger partial charge < -0.3 is 14.9 Å². The summed E-state index contributed by atoms with van der Waals surface area (Å²) >= 11 is 0. The summed E-state index contributed by atoms with van der Waals surface area (Å²) < 4.78 is 5.75. The first-order chi connectivity index (χ1) is 14.4. The Morgan fingerprint density at radius 1 is 0.767 bits per heavy atom. The van der Waals surface area contributed by atoms with Crippen LogP contribution in [-0.4, -0.2) is 34.5 Å². The van der Waals surface area contributed by atoms with Gasteiger partial charge in [0.1, 0.15) is 6.10 Å². The molecule has 30 heavy (non-hydrogen) atoms. The van der Waals surface area contributed by atoms with Crippen LogP contribution in [0.15, 0.2) is 0 Å². The van der Waals surface area contributed by atoms with Crippen molar-refractivity contribution >= 4 is 5.97 Å². The second-order valence-corrected chi connectivity index (χ2v) is 9.43. The number of hydrogen-bond acceptors (Lipinski definition) is 4. The number of carbonyl (C=O) groups excluding carboxylic acids is 1. The zero-order chi connectivity index (χ0) is 22.5. The molecule has 4 heteroatoms. The highest BCUT2D eigenvalue weighted by Crippen LogP contribution is 2.20. The van der Waals surface area contributed by atoms with Gasteiger partial charge in [-0.1, -0.05) is 97.3 Å². The minimum Gasteiger partial charge on any atom is -0.462 e. The van der Waals surface area contributed by atoms with Crippen LogP contribution in [0.2, 0.25) is 0 Å². The van der Waals surface area contributed by atoms with E-state index in [1.54, 1.807) is 6.92 Å². The van der Waals surface area contributed by atoms with Gasteiger partial charge in [-0.05, 0) is 39.0 Å². The number of esters is 1. The lowest BCUT2D eigenvalue weighted by atomic mass is 9.98. The van der Waals surface area contributed by atoms with Crippen molar-refractivity contribution in [2.75, 3.05) is 6.61 Å². The lowest BCUT2D eigenvalue weighted by Gasteiger charge is -2.24. The van der Waals surface area contributed by atoms with Crippen LogP contribution in [0, 0.1) is 0 Å². The molecule has 0 saturated heterocycles. The summed E-state index contributed by atoms with van der Waals surface area (Å²) in [5.41, 5.74) is -1.19. The molecule has 0 radical (unpaired) electrons. The number of carbonyl (C=O) groups is 1. The third kappa shape index (κ3) is 19.4. The van der Waals surface area contributed by atoms with E-state index in [4.69, 9.17) is 9.84 Å². The van der Waals surface area contributed by atoms with Gasteiger partial charge in [-0.25, -0.2) is 0 Å². The van der Waals surface area contributed by atoms with E-state index in [9.17, 15) is 9.90 Å². The topological polar surface area (TPSA) is 66.8 Å². The SMILES string of the molecule is CCCCCCCCCCCC(CCCCCCCC)OC(=O)C[C@](C)(O)CCO. The Labute approximate surface area is 187 Å². The van der Waals surface area contributed by atoms with E-state index in [-0.39, 0.29) is 31.5 Å². The molecule has 0 aromatic carbocycles. The molecule has 0 aliphatic heterocycles. The third-order valence-electron chi connectivity index (χ3n) is 5.98. The Morgan fingerprint density at radius 2 is 1.17 bits per heavy atom. The van der Waals surface area contributed by atoms with Crippen LogP contribution in [0.5, 0.6) is 0 Å². The van der Waals surface area contributed by atoms with E-state index < -0.39 is 5.60 Å². The molecule has 0 amide bonds. The molecule has 2 N–H and O–H groups in total. The van der Waals surface area contributed by atoms with Crippen molar-refractivity contribution in [2.24, 2.45) is 0 Å². The number of ether oxygens (including phenoxy) is 1. The molecule has 0 aromatic heterocycles. The maximum absolute atomic E-state index is 12.3. The molecule has 180 valence electrons. The molecule has 0 aromatic rings. The summed E-state index contributed by atoms with van der Waals surface area (Å²) in [6, 6.07) is 0. The van der Waals surface area contributed by atoms with Crippen LogP contribution in [0.4, 0.5) is 0 Å². The van der Waals surface area contributed by atoms with Crippen LogP contribution in [0.1, 0.15) is 143 Å². The average Bonchev–Trinajstić information content (AvgIpc) is 2.68. The van der Waals surface area contributed by atoms with Gasteiger partial charge in [-0.2, -0.15) is 0 Å². The maximum atomic E-state index is 12.3. The Morgan fingerprint density at radius 3 is 1.57 bits per heavy atom. The summed E-state index contributed by atoms with van der Waals surface area (Å²) in [6.07, 6.45) is 21.0. The summed E-state index contributed by atoms with van der Waals surface area (Å²) in [5.74, 6) is -0.333. The van der Waals surface area contributed by atoms with Crippen LogP contribution in [-0.2, 0) is 9.53 Å². The third-order valence-corrected chi connectivity index (χ3v) is 5.98. The fraction of sp³-hybridized carbons (Fsp3) is 0.962. The number of aliphatic hydroxyl groups is 2. The Kier molecular flexibility index (Phi) is 19.9. The van der Waals surface area contributed by atoms with E-state index in [1.165, 1.54) is 83.5 Å². The molecule has 2 atom stereocenters. The van der Waals surface area contributed by atoms with Gasteiger partial charge in [0.15, 0.2) is 0 Å². The molecule has 0 aliphatic rings. The van der Waals surface area contributed by atoms with E-state index in [2.05, 4.69) is 13.8 Å². The van der Waals surface area contributed by atoms with E-state index in [0.717, 1.165) is 25.7 Å². The van der Waals surface area contributed by atoms with E-state index in [1.807, 2.05) is 0 Å². The van der Waals surface area contributed by atoms with Gasteiger partial charge in [0.05, 0.1) is 12.0 Å². The zero-order valence-corrected chi connectivity index (χ0v) is 20.4. The van der Waals surface area contributed by atoms with Gasteiger partial charge in [-0.15, -0.1) is 0 Å². The smallest absolute Gasteiger partial charge is 0.308 e. The summed E-state index contributed by atoms with van der Waals surface area (Å²) in [4.78, 5) is 12.3. The quantitative estimate of drug-likeness (QED) is 0.143. The molecule has 0 bridgehead atoms. The van der Waals surface area contributed by atoms with Crippen molar-refractivity contribution in [1.29, 1.82) is 0 Å². The Balaban J connectivity index is 4.19. The summed E-state index contributed by atoms with van der Waals surface area (Å²) in [5, 5.41) is 19.2. The number of aliphatic hydroxyl groups excluding tert-OH is 1. The molecular formula is C26H52O4. The van der Waals surface area contributed by atoms with Gasteiger partial charge in [-0.3, -0.25) is 4.79 Å². The second-order valence-electron chi connectivity index (χ2n) is 9.43. The molecule has 0 heterocycles. The van der Waals surface area contributed by atoms with Gasteiger partial charge in [0, 0.05) is 6.61 Å². The Bertz CT molecular complexity index is 381. The Hall–Kier alpha value is -0.610. The monoisotopic (exact) mass is 428 g/mol. The predicted molar refractivity (Wildman–Crippen MR) is 127 cm³/mol. The molecule has 0 aliphatic carbocycles. The standard InChI is InChI=1S/C26H52O4/c1-4-6-8-10-12-13-14-16-18-20-24(19-17-15-11-9-7-5-2)30-25(28)23-26(3,29)21-22-27/h24,27,29H,4-23H2,1-3H3/t24?,26-/m1/s1. The molecule has 0 spiro atoms. The molecule has 0 saturated carbocycles. The number of unbranched alkanes of at least 4 members (excludes halogenated alkanes) is 13.